The third kappa shape index (κ3) is 2.14. The maximum atomic E-state index is 3.65. The highest BCUT2D eigenvalue weighted by atomic mass is 15.0. The van der Waals surface area contributed by atoms with Gasteiger partial charge in [-0.05, 0) is 55.6 Å². The van der Waals surface area contributed by atoms with Crippen LogP contribution in [-0.4, -0.2) is 25.7 Å². The molecule has 1 aliphatic heterocycles. The minimum absolute atomic E-state index is 0.533. The third-order valence-corrected chi connectivity index (χ3v) is 5.50. The molecule has 0 aromatic rings. The molecule has 2 N–H and O–H groups in total. The van der Waals surface area contributed by atoms with Gasteiger partial charge in [-0.1, -0.05) is 27.7 Å². The lowest BCUT2D eigenvalue weighted by molar-refractivity contribution is 0.457. The summed E-state index contributed by atoms with van der Waals surface area (Å²) in [6.45, 7) is 13.2. The highest BCUT2D eigenvalue weighted by Gasteiger charge is 2.63. The van der Waals surface area contributed by atoms with Crippen LogP contribution in [0.1, 0.15) is 47.0 Å². The van der Waals surface area contributed by atoms with Crippen molar-refractivity contribution in [3.8, 4) is 0 Å². The lowest BCUT2D eigenvalue weighted by Crippen LogP contribution is -2.28. The SMILES string of the molecule is CC1(C)C(CNCCC2CCCN2)C1(C)C. The van der Waals surface area contributed by atoms with Crippen molar-refractivity contribution < 1.29 is 0 Å². The molecule has 2 nitrogen and oxygen atoms in total. The Morgan fingerprint density at radius 2 is 1.88 bits per heavy atom. The van der Waals surface area contributed by atoms with Gasteiger partial charge in [0.05, 0.1) is 0 Å². The highest BCUT2D eigenvalue weighted by Crippen LogP contribution is 2.67. The highest BCUT2D eigenvalue weighted by molar-refractivity contribution is 5.12. The van der Waals surface area contributed by atoms with Gasteiger partial charge >= 0.3 is 0 Å². The topological polar surface area (TPSA) is 24.1 Å². The number of hydrogen-bond acceptors (Lipinski definition) is 2. The second-order valence-corrected chi connectivity index (χ2v) is 6.78. The van der Waals surface area contributed by atoms with Crippen LogP contribution >= 0.6 is 0 Å². The van der Waals surface area contributed by atoms with Crippen LogP contribution in [0.4, 0.5) is 0 Å². The minimum Gasteiger partial charge on any atom is -0.316 e. The Hall–Kier alpha value is -0.0800. The molecule has 2 aliphatic rings. The van der Waals surface area contributed by atoms with Gasteiger partial charge in [0.1, 0.15) is 0 Å². The fourth-order valence-corrected chi connectivity index (χ4v) is 3.37. The van der Waals surface area contributed by atoms with E-state index >= 15 is 0 Å². The normalized spacial score (nSPS) is 31.9. The molecule has 1 atom stereocenters. The van der Waals surface area contributed by atoms with Gasteiger partial charge in [-0.2, -0.15) is 0 Å². The zero-order valence-corrected chi connectivity index (χ0v) is 11.4. The molecular formula is C14H28N2. The number of nitrogens with one attached hydrogen (secondary N) is 2. The predicted molar refractivity (Wildman–Crippen MR) is 69.6 cm³/mol. The Bertz CT molecular complexity index is 225. The first-order valence-electron chi connectivity index (χ1n) is 6.90. The largest absolute Gasteiger partial charge is 0.316 e. The monoisotopic (exact) mass is 224 g/mol. The average molecular weight is 224 g/mol. The summed E-state index contributed by atoms with van der Waals surface area (Å²) in [7, 11) is 0. The Morgan fingerprint density at radius 1 is 1.19 bits per heavy atom. The van der Waals surface area contributed by atoms with E-state index in [0.717, 1.165) is 12.0 Å². The minimum atomic E-state index is 0.533. The van der Waals surface area contributed by atoms with E-state index in [4.69, 9.17) is 0 Å². The summed E-state index contributed by atoms with van der Waals surface area (Å²) in [5, 5.41) is 7.20. The molecule has 1 aliphatic carbocycles. The quantitative estimate of drug-likeness (QED) is 0.701. The fraction of sp³-hybridized carbons (Fsp3) is 1.00. The second-order valence-electron chi connectivity index (χ2n) is 6.78. The molecule has 1 unspecified atom stereocenters. The molecule has 0 spiro atoms. The van der Waals surface area contributed by atoms with E-state index in [2.05, 4.69) is 38.3 Å². The van der Waals surface area contributed by atoms with Crippen LogP contribution < -0.4 is 10.6 Å². The van der Waals surface area contributed by atoms with Gasteiger partial charge in [0, 0.05) is 6.04 Å². The van der Waals surface area contributed by atoms with Crippen molar-refractivity contribution in [2.75, 3.05) is 19.6 Å². The Kier molecular flexibility index (Phi) is 3.33. The van der Waals surface area contributed by atoms with E-state index in [0.29, 0.717) is 10.8 Å². The molecule has 0 aromatic carbocycles. The van der Waals surface area contributed by atoms with E-state index < -0.39 is 0 Å². The van der Waals surface area contributed by atoms with Crippen molar-refractivity contribution in [2.45, 2.75) is 53.0 Å². The lowest BCUT2D eigenvalue weighted by Gasteiger charge is -2.11. The van der Waals surface area contributed by atoms with Gasteiger partial charge < -0.3 is 10.6 Å². The lowest BCUT2D eigenvalue weighted by atomic mass is 10.0. The molecular weight excluding hydrogens is 196 g/mol. The van der Waals surface area contributed by atoms with Gasteiger partial charge in [0.25, 0.3) is 0 Å². The van der Waals surface area contributed by atoms with Crippen LogP contribution in [0.25, 0.3) is 0 Å². The standard InChI is InChI=1S/C14H28N2/c1-13(2)12(14(13,3)4)10-15-9-7-11-6-5-8-16-11/h11-12,15-16H,5-10H2,1-4H3. The smallest absolute Gasteiger partial charge is 0.00796 e. The predicted octanol–water partition coefficient (Wildman–Crippen LogP) is 2.40. The number of rotatable bonds is 5. The summed E-state index contributed by atoms with van der Waals surface area (Å²) in [6.07, 6.45) is 4.04. The van der Waals surface area contributed by atoms with Crippen molar-refractivity contribution >= 4 is 0 Å². The molecule has 2 rings (SSSR count). The molecule has 0 radical (unpaired) electrons. The summed E-state index contributed by atoms with van der Waals surface area (Å²) >= 11 is 0. The van der Waals surface area contributed by atoms with E-state index in [1.165, 1.54) is 38.9 Å². The summed E-state index contributed by atoms with van der Waals surface area (Å²) in [5.74, 6) is 0.858. The molecule has 16 heavy (non-hydrogen) atoms. The van der Waals surface area contributed by atoms with Gasteiger partial charge in [0.2, 0.25) is 0 Å². The number of hydrogen-bond donors (Lipinski definition) is 2. The van der Waals surface area contributed by atoms with Crippen molar-refractivity contribution in [1.82, 2.24) is 10.6 Å². The van der Waals surface area contributed by atoms with Crippen molar-refractivity contribution in [1.29, 1.82) is 0 Å². The summed E-state index contributed by atoms with van der Waals surface area (Å²) < 4.78 is 0. The van der Waals surface area contributed by atoms with Crippen LogP contribution in [0.2, 0.25) is 0 Å². The van der Waals surface area contributed by atoms with Crippen LogP contribution in [0, 0.1) is 16.7 Å². The van der Waals surface area contributed by atoms with Crippen molar-refractivity contribution in [3.05, 3.63) is 0 Å². The molecule has 1 saturated heterocycles. The Balaban J connectivity index is 1.59. The van der Waals surface area contributed by atoms with Crippen LogP contribution in [-0.2, 0) is 0 Å². The molecule has 2 fully saturated rings. The van der Waals surface area contributed by atoms with E-state index in [1.54, 1.807) is 0 Å². The molecule has 94 valence electrons. The molecule has 1 saturated carbocycles. The molecule has 0 bridgehead atoms. The van der Waals surface area contributed by atoms with Gasteiger partial charge in [-0.25, -0.2) is 0 Å². The zero-order chi connectivity index (χ0) is 11.8. The molecule has 2 heteroatoms. The Morgan fingerprint density at radius 3 is 2.38 bits per heavy atom. The van der Waals surface area contributed by atoms with Crippen LogP contribution in [0.15, 0.2) is 0 Å². The summed E-state index contributed by atoms with van der Waals surface area (Å²) in [5.41, 5.74) is 1.07. The first-order chi connectivity index (χ1) is 7.46. The van der Waals surface area contributed by atoms with Gasteiger partial charge in [0.15, 0.2) is 0 Å². The van der Waals surface area contributed by atoms with Crippen molar-refractivity contribution in [2.24, 2.45) is 16.7 Å². The zero-order valence-electron chi connectivity index (χ0n) is 11.4. The maximum Gasteiger partial charge on any atom is 0.00796 e. The van der Waals surface area contributed by atoms with E-state index in [9.17, 15) is 0 Å². The van der Waals surface area contributed by atoms with E-state index in [1.807, 2.05) is 0 Å². The molecule has 0 aromatic heterocycles. The average Bonchev–Trinajstić information content (AvgIpc) is 2.64. The maximum absolute atomic E-state index is 3.65. The fourth-order valence-electron chi connectivity index (χ4n) is 3.37. The Labute approximate surface area is 101 Å². The first-order valence-corrected chi connectivity index (χ1v) is 6.90. The van der Waals surface area contributed by atoms with Crippen molar-refractivity contribution in [3.63, 3.8) is 0 Å². The second kappa shape index (κ2) is 4.30. The van der Waals surface area contributed by atoms with E-state index in [-0.39, 0.29) is 0 Å². The summed E-state index contributed by atoms with van der Waals surface area (Å²) in [4.78, 5) is 0. The van der Waals surface area contributed by atoms with Crippen LogP contribution in [0.3, 0.4) is 0 Å². The molecule has 0 amide bonds. The third-order valence-electron chi connectivity index (χ3n) is 5.50. The molecule has 1 heterocycles. The van der Waals surface area contributed by atoms with Gasteiger partial charge in [-0.3, -0.25) is 0 Å². The van der Waals surface area contributed by atoms with Gasteiger partial charge in [-0.15, -0.1) is 0 Å². The van der Waals surface area contributed by atoms with Crippen LogP contribution in [0.5, 0.6) is 0 Å². The first kappa shape index (κ1) is 12.4. The summed E-state index contributed by atoms with van der Waals surface area (Å²) in [6, 6.07) is 0.785.